The lowest BCUT2D eigenvalue weighted by Gasteiger charge is -2.31. The van der Waals surface area contributed by atoms with Gasteiger partial charge in [-0.2, -0.15) is 0 Å². The number of carboxylic acid groups (broad SMARTS) is 2. The third-order valence-corrected chi connectivity index (χ3v) is 9.18. The SMILES string of the molecule is CCCNc1nc(C#Cc2ccc(Cl)s2)nc2c1ncn2[C@H]1C(OC(=O)CCC(=O)O)C(OC(=O)CCC(=O)O)[C@]2(C(=O)NC)CC12. The number of nitrogens with one attached hydrogen (secondary N) is 2. The van der Waals surface area contributed by atoms with Crippen molar-refractivity contribution in [2.45, 2.75) is 63.7 Å². The first-order valence-corrected chi connectivity index (χ1v) is 16.0. The summed E-state index contributed by atoms with van der Waals surface area (Å²) < 4.78 is 13.8. The number of ether oxygens (including phenoxy) is 2. The molecule has 3 aromatic heterocycles. The molecule has 5 atom stereocenters. The topological polar surface area (TPSA) is 212 Å². The molecule has 0 spiro atoms. The predicted molar refractivity (Wildman–Crippen MR) is 167 cm³/mol. The van der Waals surface area contributed by atoms with Crippen molar-refractivity contribution in [2.24, 2.45) is 11.3 Å². The van der Waals surface area contributed by atoms with Crippen LogP contribution in [0.15, 0.2) is 18.5 Å². The smallest absolute Gasteiger partial charge is 0.306 e. The van der Waals surface area contributed by atoms with E-state index in [1.165, 1.54) is 24.7 Å². The maximum atomic E-state index is 13.4. The second-order valence-electron chi connectivity index (χ2n) is 11.1. The third kappa shape index (κ3) is 7.00. The van der Waals surface area contributed by atoms with Crippen LogP contribution >= 0.6 is 22.9 Å². The van der Waals surface area contributed by atoms with E-state index >= 15 is 0 Å². The average Bonchev–Trinajstić information content (AvgIpc) is 3.26. The van der Waals surface area contributed by atoms with Crippen LogP contribution in [0.1, 0.15) is 62.2 Å². The molecule has 1 amide bonds. The van der Waals surface area contributed by atoms with Crippen LogP contribution in [0, 0.1) is 23.2 Å². The first-order valence-electron chi connectivity index (χ1n) is 14.8. The van der Waals surface area contributed by atoms with Crippen LogP contribution in [0.25, 0.3) is 11.2 Å². The Hall–Kier alpha value is -4.75. The minimum atomic E-state index is -1.32. The van der Waals surface area contributed by atoms with E-state index in [2.05, 4.69) is 37.4 Å². The van der Waals surface area contributed by atoms with Gasteiger partial charge in [0.15, 0.2) is 29.2 Å². The summed E-state index contributed by atoms with van der Waals surface area (Å²) in [6, 6.07) is 2.65. The Morgan fingerprint density at radius 3 is 2.38 bits per heavy atom. The van der Waals surface area contributed by atoms with Crippen molar-refractivity contribution in [1.29, 1.82) is 0 Å². The zero-order valence-corrected chi connectivity index (χ0v) is 26.9. The van der Waals surface area contributed by atoms with Crippen LogP contribution in [0.2, 0.25) is 4.34 Å². The molecule has 0 saturated heterocycles. The van der Waals surface area contributed by atoms with Crippen molar-refractivity contribution in [2.75, 3.05) is 18.9 Å². The van der Waals surface area contributed by atoms with Gasteiger partial charge in [0, 0.05) is 19.5 Å². The second-order valence-corrected chi connectivity index (χ2v) is 12.8. The average molecular weight is 687 g/mol. The number of thiophene rings is 1. The Bertz CT molecular complexity index is 1800. The summed E-state index contributed by atoms with van der Waals surface area (Å²) in [7, 11) is 1.42. The van der Waals surface area contributed by atoms with E-state index in [4.69, 9.17) is 31.3 Å². The number of hydrogen-bond acceptors (Lipinski definition) is 12. The number of halogens is 1. The summed E-state index contributed by atoms with van der Waals surface area (Å²) in [4.78, 5) is 76.0. The molecular weight excluding hydrogens is 656 g/mol. The normalized spacial score (nSPS) is 22.4. The number of carbonyl (C=O) groups is 5. The van der Waals surface area contributed by atoms with Gasteiger partial charge in [0.05, 0.1) is 52.7 Å². The number of anilines is 1. The highest BCUT2D eigenvalue weighted by Gasteiger charge is 2.78. The lowest BCUT2D eigenvalue weighted by molar-refractivity contribution is -0.175. The Morgan fingerprint density at radius 1 is 1.06 bits per heavy atom. The zero-order chi connectivity index (χ0) is 33.9. The van der Waals surface area contributed by atoms with Crippen molar-refractivity contribution in [3.8, 4) is 11.8 Å². The van der Waals surface area contributed by atoms with Gasteiger partial charge >= 0.3 is 23.9 Å². The molecule has 0 aliphatic heterocycles. The van der Waals surface area contributed by atoms with E-state index in [1.807, 2.05) is 6.92 Å². The molecule has 4 N–H and O–H groups in total. The van der Waals surface area contributed by atoms with Gasteiger partial charge in [0.1, 0.15) is 0 Å². The second kappa shape index (κ2) is 13.9. The van der Waals surface area contributed by atoms with Crippen LogP contribution in [0.5, 0.6) is 0 Å². The van der Waals surface area contributed by atoms with Gasteiger partial charge < -0.3 is 34.9 Å². The van der Waals surface area contributed by atoms with Gasteiger partial charge in [-0.3, -0.25) is 24.0 Å². The molecule has 5 rings (SSSR count). The van der Waals surface area contributed by atoms with Gasteiger partial charge in [0.2, 0.25) is 11.7 Å². The number of imidazole rings is 1. The number of hydrogen-bond donors (Lipinski definition) is 4. The lowest BCUT2D eigenvalue weighted by Crippen LogP contribution is -2.46. The number of amides is 1. The van der Waals surface area contributed by atoms with Crippen molar-refractivity contribution >= 4 is 69.7 Å². The van der Waals surface area contributed by atoms with Crippen LogP contribution < -0.4 is 10.6 Å². The molecule has 2 aliphatic rings. The van der Waals surface area contributed by atoms with Gasteiger partial charge in [0.25, 0.3) is 0 Å². The summed E-state index contributed by atoms with van der Waals surface area (Å²) in [5.74, 6) is 1.31. The fourth-order valence-corrected chi connectivity index (χ4v) is 6.82. The minimum absolute atomic E-state index is 0.153. The lowest BCUT2D eigenvalue weighted by atomic mass is 9.97. The Labute approximate surface area is 277 Å². The molecule has 2 aliphatic carbocycles. The van der Waals surface area contributed by atoms with Crippen molar-refractivity contribution in [3.05, 3.63) is 33.5 Å². The number of fused-ring (bicyclic) bond motifs is 2. The number of aromatic nitrogens is 4. The number of carbonyl (C=O) groups excluding carboxylic acids is 3. The molecule has 0 bridgehead atoms. The molecule has 3 unspecified atom stereocenters. The molecule has 0 aromatic carbocycles. The van der Waals surface area contributed by atoms with E-state index < -0.39 is 85.1 Å². The number of rotatable bonds is 13. The molecule has 3 aromatic rings. The molecule has 17 heteroatoms. The largest absolute Gasteiger partial charge is 0.481 e. The highest BCUT2D eigenvalue weighted by Crippen LogP contribution is 2.69. The Balaban J connectivity index is 1.60. The third-order valence-electron chi connectivity index (χ3n) is 8.03. The summed E-state index contributed by atoms with van der Waals surface area (Å²) in [6.45, 7) is 2.55. The van der Waals surface area contributed by atoms with Gasteiger partial charge in [-0.1, -0.05) is 18.5 Å². The fourth-order valence-electron chi connectivity index (χ4n) is 5.92. The van der Waals surface area contributed by atoms with E-state index in [9.17, 15) is 24.0 Å². The molecule has 2 saturated carbocycles. The van der Waals surface area contributed by atoms with Crippen molar-refractivity contribution in [1.82, 2.24) is 24.8 Å². The molecular formula is C30H31ClN6O9S. The zero-order valence-electron chi connectivity index (χ0n) is 25.3. The number of aliphatic carboxylic acids is 2. The molecule has 2 fully saturated rings. The van der Waals surface area contributed by atoms with Gasteiger partial charge in [-0.05, 0) is 36.8 Å². The first-order chi connectivity index (χ1) is 22.5. The molecule has 3 heterocycles. The quantitative estimate of drug-likeness (QED) is 0.151. The Morgan fingerprint density at radius 2 is 1.77 bits per heavy atom. The highest BCUT2D eigenvalue weighted by atomic mass is 35.5. The first kappa shape index (κ1) is 33.6. The predicted octanol–water partition coefficient (Wildman–Crippen LogP) is 2.62. The van der Waals surface area contributed by atoms with Crippen LogP contribution in [-0.2, 0) is 33.4 Å². The molecule has 248 valence electrons. The maximum absolute atomic E-state index is 13.4. The summed E-state index contributed by atoms with van der Waals surface area (Å²) in [6.07, 6.45) is -2.05. The fraction of sp³-hybridized carbons (Fsp3) is 0.467. The highest BCUT2D eigenvalue weighted by molar-refractivity contribution is 7.16. The van der Waals surface area contributed by atoms with Crippen molar-refractivity contribution < 1.29 is 43.7 Å². The number of nitrogens with zero attached hydrogens (tertiary/aromatic N) is 4. The van der Waals surface area contributed by atoms with Crippen LogP contribution in [0.3, 0.4) is 0 Å². The standard InChI is InChI=1S/C30H31ClN6O9S/c1-3-12-33-27-23-28(36-18(35-27)7-5-15-4-6-17(31)47-15)37(14-34-23)24-16-13-30(16,29(44)32-2)26(46-22(43)11-9-20(40)41)25(24)45-21(42)10-8-19(38)39/h4,6,14,16,24-26H,3,8-13H2,1-2H3,(H,32,44)(H,38,39)(H,40,41)(H,33,35,36)/t16?,24-,25?,26?,30+/m1/s1. The van der Waals surface area contributed by atoms with Crippen molar-refractivity contribution in [3.63, 3.8) is 0 Å². The van der Waals surface area contributed by atoms with E-state index in [0.29, 0.717) is 32.7 Å². The van der Waals surface area contributed by atoms with Crippen LogP contribution in [-0.4, -0.2) is 85.3 Å². The van der Waals surface area contributed by atoms with Gasteiger partial charge in [-0.25, -0.2) is 15.0 Å². The molecule has 47 heavy (non-hydrogen) atoms. The summed E-state index contributed by atoms with van der Waals surface area (Å²) in [5, 5.41) is 24.0. The molecule has 15 nitrogen and oxygen atoms in total. The summed E-state index contributed by atoms with van der Waals surface area (Å²) >= 11 is 7.34. The van der Waals surface area contributed by atoms with E-state index in [0.717, 1.165) is 6.42 Å². The molecule has 0 radical (unpaired) electrons. The van der Waals surface area contributed by atoms with Crippen LogP contribution in [0.4, 0.5) is 5.82 Å². The number of esters is 2. The van der Waals surface area contributed by atoms with E-state index in [1.54, 1.807) is 16.7 Å². The van der Waals surface area contributed by atoms with Gasteiger partial charge in [-0.15, -0.1) is 11.3 Å². The Kier molecular flexibility index (Phi) is 9.96. The maximum Gasteiger partial charge on any atom is 0.306 e. The van der Waals surface area contributed by atoms with E-state index in [-0.39, 0.29) is 12.2 Å². The minimum Gasteiger partial charge on any atom is -0.481 e. The monoisotopic (exact) mass is 686 g/mol. The summed E-state index contributed by atoms with van der Waals surface area (Å²) in [5.41, 5.74) is -0.629. The number of carboxylic acids is 2.